The van der Waals surface area contributed by atoms with E-state index in [9.17, 15) is 4.79 Å². The number of allylic oxidation sites excluding steroid dienone is 5. The number of hydrogen-bond acceptors (Lipinski definition) is 4. The van der Waals surface area contributed by atoms with Crippen molar-refractivity contribution < 1.29 is 4.79 Å². The van der Waals surface area contributed by atoms with Gasteiger partial charge in [0.1, 0.15) is 0 Å². The molecule has 4 nitrogen and oxygen atoms in total. The van der Waals surface area contributed by atoms with E-state index in [1.807, 2.05) is 37.4 Å². The molecule has 0 unspecified atom stereocenters. The fourth-order valence-corrected chi connectivity index (χ4v) is 4.38. The Kier molecular flexibility index (Phi) is 5.55. The zero-order valence-electron chi connectivity index (χ0n) is 16.8. The minimum atomic E-state index is -0.117. The van der Waals surface area contributed by atoms with Gasteiger partial charge in [-0.3, -0.25) is 9.78 Å². The molecule has 1 N–H and O–H groups in total. The normalized spacial score (nSPS) is 12.0. The Bertz CT molecular complexity index is 1330. The second-order valence-corrected chi connectivity index (χ2v) is 7.86. The second kappa shape index (κ2) is 8.43. The van der Waals surface area contributed by atoms with Gasteiger partial charge in [0.15, 0.2) is 5.13 Å². The van der Waals surface area contributed by atoms with Gasteiger partial charge in [0.05, 0.1) is 15.7 Å². The Balaban J connectivity index is 1.83. The van der Waals surface area contributed by atoms with Gasteiger partial charge in [-0.15, -0.1) is 0 Å². The van der Waals surface area contributed by atoms with Crippen molar-refractivity contribution in [3.8, 4) is 11.1 Å². The molecule has 30 heavy (non-hydrogen) atoms. The highest BCUT2D eigenvalue weighted by molar-refractivity contribution is 7.22. The molecule has 0 aliphatic rings. The number of carbonyl (C=O) groups is 1. The number of aromatic nitrogens is 2. The van der Waals surface area contributed by atoms with E-state index in [1.54, 1.807) is 6.08 Å². The lowest BCUT2D eigenvalue weighted by Crippen LogP contribution is -2.04. The SMILES string of the molecule is C=CC=C(C=CC)c1ccnc2ccc(-c3ccc4nc(NC(C)=O)sc4c3)cc12. The van der Waals surface area contributed by atoms with E-state index < -0.39 is 0 Å². The van der Waals surface area contributed by atoms with Crippen molar-refractivity contribution in [3.63, 3.8) is 0 Å². The van der Waals surface area contributed by atoms with E-state index >= 15 is 0 Å². The minimum absolute atomic E-state index is 0.117. The molecule has 0 spiro atoms. The molecule has 2 aromatic heterocycles. The molecule has 0 aliphatic carbocycles. The Morgan fingerprint density at radius 3 is 2.60 bits per heavy atom. The lowest BCUT2D eigenvalue weighted by Gasteiger charge is -2.09. The number of fused-ring (bicyclic) bond motifs is 2. The zero-order chi connectivity index (χ0) is 21.1. The monoisotopic (exact) mass is 411 g/mol. The van der Waals surface area contributed by atoms with E-state index in [1.165, 1.54) is 18.3 Å². The Labute approximate surface area is 179 Å². The third kappa shape index (κ3) is 3.93. The molecule has 0 fully saturated rings. The van der Waals surface area contributed by atoms with E-state index in [0.717, 1.165) is 43.4 Å². The summed E-state index contributed by atoms with van der Waals surface area (Å²) in [7, 11) is 0. The molecule has 0 atom stereocenters. The van der Waals surface area contributed by atoms with Crippen LogP contribution in [0.3, 0.4) is 0 Å². The molecule has 4 aromatic rings. The van der Waals surface area contributed by atoms with Crippen LogP contribution < -0.4 is 5.32 Å². The minimum Gasteiger partial charge on any atom is -0.302 e. The van der Waals surface area contributed by atoms with E-state index in [-0.39, 0.29) is 5.91 Å². The van der Waals surface area contributed by atoms with Crippen molar-refractivity contribution in [2.24, 2.45) is 0 Å². The molecule has 148 valence electrons. The highest BCUT2D eigenvalue weighted by atomic mass is 32.1. The molecule has 2 heterocycles. The highest BCUT2D eigenvalue weighted by Gasteiger charge is 2.10. The zero-order valence-corrected chi connectivity index (χ0v) is 17.7. The quantitative estimate of drug-likeness (QED) is 0.376. The summed E-state index contributed by atoms with van der Waals surface area (Å²) >= 11 is 1.47. The predicted octanol–water partition coefficient (Wildman–Crippen LogP) is 6.62. The smallest absolute Gasteiger partial charge is 0.223 e. The lowest BCUT2D eigenvalue weighted by molar-refractivity contribution is -0.114. The maximum Gasteiger partial charge on any atom is 0.223 e. The van der Waals surface area contributed by atoms with Crippen LogP contribution in [0.15, 0.2) is 79.5 Å². The number of thiazole rings is 1. The fourth-order valence-electron chi connectivity index (χ4n) is 3.43. The van der Waals surface area contributed by atoms with Gasteiger partial charge in [-0.2, -0.15) is 0 Å². The number of benzene rings is 2. The van der Waals surface area contributed by atoms with Gasteiger partial charge >= 0.3 is 0 Å². The lowest BCUT2D eigenvalue weighted by atomic mass is 9.97. The molecule has 4 rings (SSSR count). The molecule has 5 heteroatoms. The first-order chi connectivity index (χ1) is 14.6. The molecule has 0 radical (unpaired) electrons. The van der Waals surface area contributed by atoms with Crippen LogP contribution in [0.1, 0.15) is 19.4 Å². The molecular formula is C25H21N3OS. The van der Waals surface area contributed by atoms with Crippen molar-refractivity contribution in [2.75, 3.05) is 5.32 Å². The second-order valence-electron chi connectivity index (χ2n) is 6.83. The highest BCUT2D eigenvalue weighted by Crippen LogP contribution is 2.33. The summed E-state index contributed by atoms with van der Waals surface area (Å²) in [5.74, 6) is -0.117. The summed E-state index contributed by atoms with van der Waals surface area (Å²) in [6.07, 6.45) is 9.75. The standard InChI is InChI=1S/C25H21N3OS/c1-4-6-17(7-5-2)20-12-13-26-22-10-8-18(14-21(20)22)19-9-11-23-24(15-19)30-25(28-23)27-16(3)29/h4-15H,1H2,2-3H3,(H,27,28,29). The summed E-state index contributed by atoms with van der Waals surface area (Å²) in [5, 5.41) is 4.46. The van der Waals surface area contributed by atoms with E-state index in [2.05, 4.69) is 58.3 Å². The van der Waals surface area contributed by atoms with Crippen LogP contribution in [0.25, 0.3) is 37.8 Å². The summed E-state index contributed by atoms with van der Waals surface area (Å²) in [4.78, 5) is 20.3. The summed E-state index contributed by atoms with van der Waals surface area (Å²) < 4.78 is 1.03. The summed E-state index contributed by atoms with van der Waals surface area (Å²) in [6, 6.07) is 14.5. The molecule has 1 amide bonds. The topological polar surface area (TPSA) is 54.9 Å². The molecule has 0 saturated heterocycles. The molecule has 0 bridgehead atoms. The van der Waals surface area contributed by atoms with Crippen molar-refractivity contribution in [3.05, 3.63) is 85.1 Å². The van der Waals surface area contributed by atoms with E-state index in [4.69, 9.17) is 0 Å². The molecule has 0 saturated carbocycles. The Morgan fingerprint density at radius 1 is 1.10 bits per heavy atom. The fraction of sp³-hybridized carbons (Fsp3) is 0.0800. The van der Waals surface area contributed by atoms with Crippen LogP contribution >= 0.6 is 11.3 Å². The van der Waals surface area contributed by atoms with Crippen LogP contribution in [0.2, 0.25) is 0 Å². The number of nitrogens with zero attached hydrogens (tertiary/aromatic N) is 2. The number of rotatable bonds is 5. The van der Waals surface area contributed by atoms with Crippen molar-refractivity contribution in [1.82, 2.24) is 9.97 Å². The maximum absolute atomic E-state index is 11.3. The Hall–Kier alpha value is -3.57. The maximum atomic E-state index is 11.3. The number of nitrogens with one attached hydrogen (secondary N) is 1. The molecule has 0 aliphatic heterocycles. The van der Waals surface area contributed by atoms with Crippen LogP contribution in [0.5, 0.6) is 0 Å². The third-order valence-corrected chi connectivity index (χ3v) is 5.63. The number of pyridine rings is 1. The largest absolute Gasteiger partial charge is 0.302 e. The van der Waals surface area contributed by atoms with Crippen LogP contribution in [-0.2, 0) is 4.79 Å². The first kappa shape index (κ1) is 19.7. The Morgan fingerprint density at radius 2 is 1.87 bits per heavy atom. The number of carbonyl (C=O) groups excluding carboxylic acids is 1. The van der Waals surface area contributed by atoms with Gasteiger partial charge in [-0.1, -0.05) is 54.4 Å². The average molecular weight is 412 g/mol. The van der Waals surface area contributed by atoms with Crippen LogP contribution in [0.4, 0.5) is 5.13 Å². The number of anilines is 1. The van der Waals surface area contributed by atoms with Gasteiger partial charge in [0.2, 0.25) is 5.91 Å². The predicted molar refractivity (Wildman–Crippen MR) is 128 cm³/mol. The summed E-state index contributed by atoms with van der Waals surface area (Å²) in [6.45, 7) is 7.34. The van der Waals surface area contributed by atoms with Crippen LogP contribution in [-0.4, -0.2) is 15.9 Å². The van der Waals surface area contributed by atoms with Gasteiger partial charge in [-0.05, 0) is 59.5 Å². The van der Waals surface area contributed by atoms with E-state index in [0.29, 0.717) is 5.13 Å². The van der Waals surface area contributed by atoms with Crippen molar-refractivity contribution in [1.29, 1.82) is 0 Å². The summed E-state index contributed by atoms with van der Waals surface area (Å²) in [5.41, 5.74) is 6.23. The first-order valence-electron chi connectivity index (χ1n) is 9.62. The molecular weight excluding hydrogens is 390 g/mol. The first-order valence-corrected chi connectivity index (χ1v) is 10.4. The van der Waals surface area contributed by atoms with Gasteiger partial charge in [0.25, 0.3) is 0 Å². The third-order valence-electron chi connectivity index (χ3n) is 4.70. The number of hydrogen-bond donors (Lipinski definition) is 1. The van der Waals surface area contributed by atoms with Crippen LogP contribution in [0, 0.1) is 0 Å². The van der Waals surface area contributed by atoms with Crippen molar-refractivity contribution >= 4 is 49.1 Å². The average Bonchev–Trinajstić information content (AvgIpc) is 3.13. The van der Waals surface area contributed by atoms with Crippen molar-refractivity contribution in [2.45, 2.75) is 13.8 Å². The number of amides is 1. The van der Waals surface area contributed by atoms with Gasteiger partial charge < -0.3 is 5.32 Å². The molecule has 2 aromatic carbocycles. The van der Waals surface area contributed by atoms with Gasteiger partial charge in [0, 0.05) is 18.5 Å². The van der Waals surface area contributed by atoms with Gasteiger partial charge in [-0.25, -0.2) is 4.98 Å².